The molecule has 0 saturated carbocycles. The molecule has 0 N–H and O–H groups in total. The van der Waals surface area contributed by atoms with Gasteiger partial charge in [0.1, 0.15) is 11.5 Å². The molecule has 0 amide bonds. The minimum Gasteiger partial charge on any atom is -0.496 e. The molecule has 0 aliphatic carbocycles. The Morgan fingerprint density at radius 1 is 0.393 bits per heavy atom. The molecule has 56 heavy (non-hydrogen) atoms. The monoisotopic (exact) mass is 744 g/mol. The molecule has 0 radical (unpaired) electrons. The van der Waals surface area contributed by atoms with Crippen molar-refractivity contribution in [2.75, 3.05) is 14.2 Å². The summed E-state index contributed by atoms with van der Waals surface area (Å²) in [5.74, 6) is 1.87. The molecule has 7 rings (SSSR count). The highest BCUT2D eigenvalue weighted by Gasteiger charge is 2.32. The van der Waals surface area contributed by atoms with Crippen molar-refractivity contribution in [2.24, 2.45) is 20.0 Å². The summed E-state index contributed by atoms with van der Waals surface area (Å²) in [4.78, 5) is 20.9. The van der Waals surface area contributed by atoms with Gasteiger partial charge in [-0.1, -0.05) is 83.1 Å². The number of allylic oxidation sites excluding steroid dienone is 12. The first-order valence-electron chi connectivity index (χ1n) is 19.6. The lowest BCUT2D eigenvalue weighted by molar-refractivity contribution is 0.381. The Bertz CT molecular complexity index is 2190. The molecule has 0 saturated heterocycles. The molecule has 2 aromatic rings. The number of rotatable bonds is 4. The molecule has 0 atom stereocenters. The van der Waals surface area contributed by atoms with Crippen LogP contribution in [0.25, 0.3) is 11.1 Å². The predicted octanol–water partition coefficient (Wildman–Crippen LogP) is 11.8. The van der Waals surface area contributed by atoms with Gasteiger partial charge in [0.2, 0.25) is 0 Å². The molecule has 2 aromatic carbocycles. The fourth-order valence-corrected chi connectivity index (χ4v) is 7.76. The third-order valence-corrected chi connectivity index (χ3v) is 10.7. The van der Waals surface area contributed by atoms with E-state index < -0.39 is 0 Å². The maximum absolute atomic E-state index is 6.13. The summed E-state index contributed by atoms with van der Waals surface area (Å²) in [6, 6.07) is 9.06. The highest BCUT2D eigenvalue weighted by Crippen LogP contribution is 2.45. The minimum atomic E-state index is -0.163. The van der Waals surface area contributed by atoms with Crippen LogP contribution in [0.1, 0.15) is 116 Å². The number of ether oxygens (including phenoxy) is 2. The van der Waals surface area contributed by atoms with Crippen LogP contribution >= 0.6 is 0 Å². The maximum Gasteiger partial charge on any atom is 0.126 e. The Kier molecular flexibility index (Phi) is 9.50. The lowest BCUT2D eigenvalue weighted by Crippen LogP contribution is -2.20. The second-order valence-corrected chi connectivity index (χ2v) is 19.3. The van der Waals surface area contributed by atoms with Gasteiger partial charge >= 0.3 is 0 Å². The van der Waals surface area contributed by atoms with E-state index in [1.807, 2.05) is 0 Å². The molecule has 5 aliphatic rings. The Hall–Kier alpha value is -5.36. The fraction of sp³-hybridized carbons (Fsp3) is 0.360. The van der Waals surface area contributed by atoms with Crippen LogP contribution in [0.2, 0.25) is 0 Å². The van der Waals surface area contributed by atoms with Crippen molar-refractivity contribution in [3.05, 3.63) is 141 Å². The Morgan fingerprint density at radius 2 is 0.714 bits per heavy atom. The van der Waals surface area contributed by atoms with E-state index in [0.29, 0.717) is 0 Å². The first-order chi connectivity index (χ1) is 26.1. The average Bonchev–Trinajstić information content (AvgIpc) is 3.93. The molecule has 288 valence electrons. The summed E-state index contributed by atoms with van der Waals surface area (Å²) in [6.45, 7) is 26.8. The first kappa shape index (κ1) is 38.9. The highest BCUT2D eigenvalue weighted by molar-refractivity contribution is 6.34. The predicted molar refractivity (Wildman–Crippen MR) is 237 cm³/mol. The SMILES string of the molecule is COc1c(C(C)(C)C)cc(C2=C3C=CC(=N3)C=C3C=CC(=N3)C(c3cc(C(C)(C)C)c(OC)c(C(C)(C)C)c3)=C3C=CC(=N3)C=C3C=CC2=N3)cc1C(C)(C)C. The van der Waals surface area contributed by atoms with Crippen LogP contribution in [0, 0.1) is 0 Å². The van der Waals surface area contributed by atoms with E-state index in [2.05, 4.69) is 168 Å². The van der Waals surface area contributed by atoms with Crippen molar-refractivity contribution in [3.63, 3.8) is 0 Å². The van der Waals surface area contributed by atoms with Crippen molar-refractivity contribution in [3.8, 4) is 11.5 Å². The largest absolute Gasteiger partial charge is 0.496 e. The van der Waals surface area contributed by atoms with Crippen molar-refractivity contribution in [1.82, 2.24) is 0 Å². The smallest absolute Gasteiger partial charge is 0.126 e. The lowest BCUT2D eigenvalue weighted by atomic mass is 9.77. The third kappa shape index (κ3) is 7.34. The van der Waals surface area contributed by atoms with Crippen LogP contribution in [-0.2, 0) is 21.7 Å². The standard InChI is InChI=1S/C50H56N4O2/c1-47(2,3)35-23-29(24-36(45(35)55-13)48(4,5)6)43-39-19-15-31(51-39)27-33-17-21-41(53-33)44(42-22-18-34(54-42)28-32-16-20-40(43)52-32)30-25-37(49(7,8)9)46(56-14)38(26-30)50(10,11)12/h15-28H,1-14H3. The second kappa shape index (κ2) is 13.7. The van der Waals surface area contributed by atoms with Crippen LogP contribution in [0.4, 0.5) is 0 Å². The van der Waals surface area contributed by atoms with E-state index in [1.165, 1.54) is 0 Å². The van der Waals surface area contributed by atoms with Gasteiger partial charge in [0.25, 0.3) is 0 Å². The van der Waals surface area contributed by atoms with Gasteiger partial charge in [0, 0.05) is 33.4 Å². The maximum atomic E-state index is 6.13. The number of benzene rings is 2. The molecular formula is C50H56N4O2. The van der Waals surface area contributed by atoms with Crippen LogP contribution < -0.4 is 9.47 Å². The third-order valence-electron chi connectivity index (χ3n) is 10.7. The molecule has 6 heteroatoms. The summed E-state index contributed by atoms with van der Waals surface area (Å²) < 4.78 is 12.3. The summed E-state index contributed by atoms with van der Waals surface area (Å²) in [7, 11) is 3.55. The van der Waals surface area contributed by atoms with E-state index in [0.717, 1.165) is 102 Å². The number of aliphatic imine (C=N–C) groups is 4. The summed E-state index contributed by atoms with van der Waals surface area (Å²) >= 11 is 0. The quantitative estimate of drug-likeness (QED) is 0.313. The van der Waals surface area contributed by atoms with Crippen molar-refractivity contribution >= 4 is 34.0 Å². The first-order valence-corrected chi connectivity index (χ1v) is 19.6. The van der Waals surface area contributed by atoms with Crippen LogP contribution in [-0.4, -0.2) is 37.1 Å². The van der Waals surface area contributed by atoms with Gasteiger partial charge < -0.3 is 9.47 Å². The van der Waals surface area contributed by atoms with Gasteiger partial charge in [0.05, 0.1) is 59.9 Å². The van der Waals surface area contributed by atoms with E-state index in [-0.39, 0.29) is 21.7 Å². The molecule has 0 spiro atoms. The summed E-state index contributed by atoms with van der Waals surface area (Å²) in [6.07, 6.45) is 20.8. The molecule has 5 aliphatic heterocycles. The minimum absolute atomic E-state index is 0.163. The summed E-state index contributed by atoms with van der Waals surface area (Å²) in [5, 5.41) is 0. The topological polar surface area (TPSA) is 67.9 Å². The van der Waals surface area contributed by atoms with E-state index >= 15 is 0 Å². The van der Waals surface area contributed by atoms with Crippen molar-refractivity contribution < 1.29 is 9.47 Å². The van der Waals surface area contributed by atoms with Gasteiger partial charge in [-0.15, -0.1) is 0 Å². The molecule has 0 fully saturated rings. The molecule has 6 nitrogen and oxygen atoms in total. The Labute approximate surface area is 334 Å². The zero-order valence-electron chi connectivity index (χ0n) is 35.7. The molecule has 0 unspecified atom stereocenters. The van der Waals surface area contributed by atoms with Gasteiger partial charge in [-0.2, -0.15) is 0 Å². The number of fused-ring (bicyclic) bond motifs is 4. The molecule has 0 aromatic heterocycles. The zero-order valence-corrected chi connectivity index (χ0v) is 35.7. The van der Waals surface area contributed by atoms with Crippen molar-refractivity contribution in [2.45, 2.75) is 105 Å². The van der Waals surface area contributed by atoms with E-state index in [9.17, 15) is 0 Å². The Balaban J connectivity index is 1.46. The van der Waals surface area contributed by atoms with E-state index in [4.69, 9.17) is 29.4 Å². The number of hydrogen-bond acceptors (Lipinski definition) is 6. The van der Waals surface area contributed by atoms with Crippen LogP contribution in [0.15, 0.2) is 128 Å². The normalized spacial score (nSPS) is 18.0. The zero-order chi connectivity index (χ0) is 40.5. The average molecular weight is 745 g/mol. The summed E-state index contributed by atoms with van der Waals surface area (Å²) in [5.41, 5.74) is 14.7. The van der Waals surface area contributed by atoms with Gasteiger partial charge in [-0.05, 0) is 118 Å². The number of methoxy groups -OCH3 is 2. The van der Waals surface area contributed by atoms with Crippen LogP contribution in [0.3, 0.4) is 0 Å². The van der Waals surface area contributed by atoms with Gasteiger partial charge in [-0.25, -0.2) is 20.0 Å². The second-order valence-electron chi connectivity index (χ2n) is 19.3. The van der Waals surface area contributed by atoms with Gasteiger partial charge in [-0.3, -0.25) is 0 Å². The fourth-order valence-electron chi connectivity index (χ4n) is 7.76. The van der Waals surface area contributed by atoms with Crippen LogP contribution in [0.5, 0.6) is 11.5 Å². The highest BCUT2D eigenvalue weighted by atomic mass is 16.5. The Morgan fingerprint density at radius 3 is 1.00 bits per heavy atom. The van der Waals surface area contributed by atoms with Crippen molar-refractivity contribution in [1.29, 1.82) is 0 Å². The molecular weight excluding hydrogens is 689 g/mol. The number of nitrogens with zero attached hydrogens (tertiary/aromatic N) is 4. The van der Waals surface area contributed by atoms with Gasteiger partial charge in [0.15, 0.2) is 0 Å². The van der Waals surface area contributed by atoms with E-state index in [1.54, 1.807) is 14.2 Å². The number of hydrogen-bond donors (Lipinski definition) is 0. The lowest BCUT2D eigenvalue weighted by Gasteiger charge is -2.30. The molecule has 8 bridgehead atoms. The molecule has 5 heterocycles.